The van der Waals surface area contributed by atoms with Crippen LogP contribution in [0.3, 0.4) is 0 Å². The number of hydrogen-bond donors (Lipinski definition) is 2. The summed E-state index contributed by atoms with van der Waals surface area (Å²) in [6.45, 7) is 2.53. The number of H-pyrrole nitrogens is 2. The van der Waals surface area contributed by atoms with Crippen molar-refractivity contribution in [3.8, 4) is 0 Å². The summed E-state index contributed by atoms with van der Waals surface area (Å²) in [7, 11) is 0. The molecular weight excluding hydrogens is 290 g/mol. The predicted molar refractivity (Wildman–Crippen MR) is 79.1 cm³/mol. The Balaban J connectivity index is 2.10. The third kappa shape index (κ3) is 3.68. The largest absolute Gasteiger partial charge is 0.344 e. The summed E-state index contributed by atoms with van der Waals surface area (Å²) in [6, 6.07) is 0. The molecule has 0 aliphatic carbocycles. The van der Waals surface area contributed by atoms with Gasteiger partial charge in [0, 0.05) is 24.8 Å². The minimum atomic E-state index is -0.590. The van der Waals surface area contributed by atoms with Gasteiger partial charge in [-0.05, 0) is 12.8 Å². The Kier molecular flexibility index (Phi) is 4.87. The standard InChI is InChI=1S/C13H17N5O4/c1-2-4-9-8-17(12(21)16-11(9)20)5-3-6-18-13(22)15-10(19)7-14-18/h7-8H,2-6H2,1H3,(H,15,19,22)(H,16,20,21). The van der Waals surface area contributed by atoms with E-state index in [0.717, 1.165) is 17.3 Å². The fourth-order valence-corrected chi connectivity index (χ4v) is 2.09. The van der Waals surface area contributed by atoms with Gasteiger partial charge in [-0.15, -0.1) is 0 Å². The van der Waals surface area contributed by atoms with Crippen molar-refractivity contribution in [3.63, 3.8) is 0 Å². The number of nitrogens with zero attached hydrogens (tertiary/aromatic N) is 3. The lowest BCUT2D eigenvalue weighted by atomic mass is 10.2. The van der Waals surface area contributed by atoms with Crippen molar-refractivity contribution in [1.29, 1.82) is 0 Å². The molecule has 0 fully saturated rings. The molecule has 0 aliphatic heterocycles. The lowest BCUT2D eigenvalue weighted by Crippen LogP contribution is -2.33. The van der Waals surface area contributed by atoms with E-state index in [1.54, 1.807) is 6.20 Å². The van der Waals surface area contributed by atoms with Crippen LogP contribution in [0.4, 0.5) is 0 Å². The van der Waals surface area contributed by atoms with Gasteiger partial charge in [-0.2, -0.15) is 5.10 Å². The first kappa shape index (κ1) is 15.7. The SMILES string of the molecule is CCCc1cn(CCCn2ncc(=O)[nH]c2=O)c(=O)[nH]c1=O. The molecule has 9 heteroatoms. The second-order valence-electron chi connectivity index (χ2n) is 4.87. The first-order valence-electron chi connectivity index (χ1n) is 7.00. The second kappa shape index (κ2) is 6.83. The van der Waals surface area contributed by atoms with Crippen molar-refractivity contribution in [1.82, 2.24) is 24.3 Å². The Hall–Kier alpha value is -2.71. The average Bonchev–Trinajstić information content (AvgIpc) is 2.46. The molecular formula is C13H17N5O4. The van der Waals surface area contributed by atoms with Crippen molar-refractivity contribution in [2.45, 2.75) is 39.3 Å². The van der Waals surface area contributed by atoms with Crippen LogP contribution < -0.4 is 22.5 Å². The van der Waals surface area contributed by atoms with Crippen molar-refractivity contribution in [2.75, 3.05) is 0 Å². The summed E-state index contributed by atoms with van der Waals surface area (Å²) < 4.78 is 2.52. The van der Waals surface area contributed by atoms with E-state index >= 15 is 0 Å². The van der Waals surface area contributed by atoms with Gasteiger partial charge in [0.25, 0.3) is 11.1 Å². The highest BCUT2D eigenvalue weighted by molar-refractivity contribution is 5.04. The molecule has 0 saturated heterocycles. The Morgan fingerprint density at radius 1 is 1.09 bits per heavy atom. The molecule has 118 valence electrons. The number of aromatic nitrogens is 5. The number of nitrogens with one attached hydrogen (secondary N) is 2. The van der Waals surface area contributed by atoms with Crippen molar-refractivity contribution in [2.24, 2.45) is 0 Å². The van der Waals surface area contributed by atoms with Crippen LogP contribution in [0, 0.1) is 0 Å². The van der Waals surface area contributed by atoms with E-state index in [9.17, 15) is 19.2 Å². The third-order valence-corrected chi connectivity index (χ3v) is 3.15. The Morgan fingerprint density at radius 3 is 2.55 bits per heavy atom. The van der Waals surface area contributed by atoms with E-state index in [1.807, 2.05) is 6.92 Å². The number of rotatable bonds is 6. The molecule has 22 heavy (non-hydrogen) atoms. The lowest BCUT2D eigenvalue weighted by Gasteiger charge is -2.07. The van der Waals surface area contributed by atoms with Gasteiger partial charge in [0.2, 0.25) is 0 Å². The van der Waals surface area contributed by atoms with Gasteiger partial charge in [0.1, 0.15) is 6.20 Å². The minimum Gasteiger partial charge on any atom is -0.300 e. The molecule has 0 radical (unpaired) electrons. The summed E-state index contributed by atoms with van der Waals surface area (Å²) in [5.74, 6) is 0. The molecule has 2 aromatic rings. The number of hydrogen-bond acceptors (Lipinski definition) is 5. The maximum Gasteiger partial charge on any atom is 0.344 e. The zero-order valence-electron chi connectivity index (χ0n) is 12.2. The van der Waals surface area contributed by atoms with Crippen LogP contribution >= 0.6 is 0 Å². The van der Waals surface area contributed by atoms with Crippen LogP contribution in [0.1, 0.15) is 25.3 Å². The maximum absolute atomic E-state index is 11.7. The maximum atomic E-state index is 11.7. The van der Waals surface area contributed by atoms with E-state index in [4.69, 9.17) is 0 Å². The van der Waals surface area contributed by atoms with Gasteiger partial charge in [-0.25, -0.2) is 14.3 Å². The number of aromatic amines is 2. The summed E-state index contributed by atoms with van der Waals surface area (Å²) in [5, 5.41) is 3.71. The molecule has 0 bridgehead atoms. The molecule has 2 N–H and O–H groups in total. The smallest absolute Gasteiger partial charge is 0.300 e. The van der Waals surface area contributed by atoms with E-state index in [-0.39, 0.29) is 12.1 Å². The van der Waals surface area contributed by atoms with Crippen molar-refractivity contribution >= 4 is 0 Å². The molecule has 0 aliphatic rings. The topological polar surface area (TPSA) is 123 Å². The summed E-state index contributed by atoms with van der Waals surface area (Å²) in [5.41, 5.74) is -1.43. The Morgan fingerprint density at radius 2 is 1.86 bits per heavy atom. The van der Waals surface area contributed by atoms with E-state index < -0.39 is 16.9 Å². The molecule has 0 atom stereocenters. The van der Waals surface area contributed by atoms with Crippen LogP contribution in [0.5, 0.6) is 0 Å². The van der Waals surface area contributed by atoms with Crippen LogP contribution in [0.25, 0.3) is 0 Å². The van der Waals surface area contributed by atoms with E-state index in [0.29, 0.717) is 24.9 Å². The van der Waals surface area contributed by atoms with Crippen LogP contribution in [-0.4, -0.2) is 24.3 Å². The molecule has 0 aromatic carbocycles. The van der Waals surface area contributed by atoms with Gasteiger partial charge in [-0.3, -0.25) is 19.6 Å². The third-order valence-electron chi connectivity index (χ3n) is 3.15. The normalized spacial score (nSPS) is 10.8. The van der Waals surface area contributed by atoms with Gasteiger partial charge >= 0.3 is 11.4 Å². The molecule has 0 unspecified atom stereocenters. The number of aryl methyl sites for hydroxylation is 3. The Labute approximate surface area is 124 Å². The van der Waals surface area contributed by atoms with Gasteiger partial charge < -0.3 is 4.57 Å². The quantitative estimate of drug-likeness (QED) is 0.696. The highest BCUT2D eigenvalue weighted by Gasteiger charge is 2.04. The fourth-order valence-electron chi connectivity index (χ4n) is 2.09. The van der Waals surface area contributed by atoms with Gasteiger partial charge in [-0.1, -0.05) is 13.3 Å². The molecule has 9 nitrogen and oxygen atoms in total. The zero-order valence-corrected chi connectivity index (χ0v) is 12.2. The predicted octanol–water partition coefficient (Wildman–Crippen LogP) is -1.18. The molecule has 0 saturated carbocycles. The monoisotopic (exact) mass is 307 g/mol. The van der Waals surface area contributed by atoms with E-state index in [2.05, 4.69) is 15.1 Å². The summed E-state index contributed by atoms with van der Waals surface area (Å²) >= 11 is 0. The highest BCUT2D eigenvalue weighted by Crippen LogP contribution is 1.95. The molecule has 0 amide bonds. The first-order chi connectivity index (χ1) is 10.5. The molecule has 2 rings (SSSR count). The van der Waals surface area contributed by atoms with Crippen molar-refractivity contribution < 1.29 is 0 Å². The lowest BCUT2D eigenvalue weighted by molar-refractivity contribution is 0.484. The highest BCUT2D eigenvalue weighted by atomic mass is 16.2. The molecule has 0 spiro atoms. The zero-order chi connectivity index (χ0) is 16.1. The van der Waals surface area contributed by atoms with Gasteiger partial charge in [0.05, 0.1) is 0 Å². The average molecular weight is 307 g/mol. The van der Waals surface area contributed by atoms with Crippen LogP contribution in [0.15, 0.2) is 31.6 Å². The minimum absolute atomic E-state index is 0.254. The Bertz CT molecular complexity index is 873. The van der Waals surface area contributed by atoms with E-state index in [1.165, 1.54) is 4.57 Å². The van der Waals surface area contributed by atoms with Crippen molar-refractivity contribution in [3.05, 3.63) is 59.6 Å². The van der Waals surface area contributed by atoms with Crippen LogP contribution in [-0.2, 0) is 19.5 Å². The summed E-state index contributed by atoms with van der Waals surface area (Å²) in [6.07, 6.45) is 4.42. The molecule has 2 heterocycles. The summed E-state index contributed by atoms with van der Waals surface area (Å²) in [4.78, 5) is 50.1. The van der Waals surface area contributed by atoms with Gasteiger partial charge in [0.15, 0.2) is 0 Å². The first-order valence-corrected chi connectivity index (χ1v) is 7.00. The second-order valence-corrected chi connectivity index (χ2v) is 4.87. The fraction of sp³-hybridized carbons (Fsp3) is 0.462. The molecule has 2 aromatic heterocycles. The van der Waals surface area contributed by atoms with Crippen LogP contribution in [0.2, 0.25) is 0 Å².